The van der Waals surface area contributed by atoms with E-state index in [1.807, 2.05) is 48.7 Å². The molecule has 0 bridgehead atoms. The fourth-order valence-corrected chi connectivity index (χ4v) is 3.56. The molecule has 1 aromatic heterocycles. The van der Waals surface area contributed by atoms with Crippen molar-refractivity contribution in [1.82, 2.24) is 4.98 Å². The molecule has 0 aliphatic rings. The smallest absolute Gasteiger partial charge is 0.163 e. The van der Waals surface area contributed by atoms with Gasteiger partial charge in [-0.1, -0.05) is 30.3 Å². The number of methoxy groups -OCH3 is 1. The standard InChI is InChI=1S/C24H20FNO2/c1-28-19-12-8-16(9-13-19)21(14-24(27)17-6-10-18(25)11-7-17)22-15-26-23-5-3-2-4-20(22)23/h2-13,15,21,26H,14H2,1H3/t21-/m0/s1. The van der Waals surface area contributed by atoms with Crippen LogP contribution in [0.25, 0.3) is 10.9 Å². The highest BCUT2D eigenvalue weighted by atomic mass is 19.1. The lowest BCUT2D eigenvalue weighted by Gasteiger charge is -2.17. The molecule has 140 valence electrons. The molecule has 0 aliphatic heterocycles. The van der Waals surface area contributed by atoms with E-state index in [0.29, 0.717) is 12.0 Å². The second-order valence-corrected chi connectivity index (χ2v) is 6.75. The highest BCUT2D eigenvalue weighted by Gasteiger charge is 2.22. The molecule has 4 heteroatoms. The molecule has 0 saturated carbocycles. The molecule has 0 unspecified atom stereocenters. The average Bonchev–Trinajstić information content (AvgIpc) is 3.16. The number of ether oxygens (including phenoxy) is 1. The van der Waals surface area contributed by atoms with Gasteiger partial charge in [0.25, 0.3) is 0 Å². The van der Waals surface area contributed by atoms with Crippen LogP contribution in [-0.2, 0) is 0 Å². The third kappa shape index (κ3) is 3.54. The summed E-state index contributed by atoms with van der Waals surface area (Å²) in [5.41, 5.74) is 3.64. The molecule has 1 atom stereocenters. The molecule has 28 heavy (non-hydrogen) atoms. The molecule has 4 aromatic rings. The zero-order valence-electron chi connectivity index (χ0n) is 15.5. The molecular weight excluding hydrogens is 353 g/mol. The van der Waals surface area contributed by atoms with Gasteiger partial charge < -0.3 is 9.72 Å². The Balaban J connectivity index is 1.74. The second-order valence-electron chi connectivity index (χ2n) is 6.75. The van der Waals surface area contributed by atoms with Crippen molar-refractivity contribution in [2.45, 2.75) is 12.3 Å². The van der Waals surface area contributed by atoms with E-state index in [1.54, 1.807) is 7.11 Å². The number of H-pyrrole nitrogens is 1. The lowest BCUT2D eigenvalue weighted by Crippen LogP contribution is -2.09. The van der Waals surface area contributed by atoms with Crippen LogP contribution in [0.4, 0.5) is 4.39 Å². The topological polar surface area (TPSA) is 42.1 Å². The minimum atomic E-state index is -0.347. The summed E-state index contributed by atoms with van der Waals surface area (Å²) in [7, 11) is 1.63. The summed E-state index contributed by atoms with van der Waals surface area (Å²) in [6.45, 7) is 0. The van der Waals surface area contributed by atoms with Crippen molar-refractivity contribution in [2.75, 3.05) is 7.11 Å². The van der Waals surface area contributed by atoms with Crippen LogP contribution in [0.1, 0.15) is 33.8 Å². The van der Waals surface area contributed by atoms with E-state index < -0.39 is 0 Å². The minimum Gasteiger partial charge on any atom is -0.497 e. The number of fused-ring (bicyclic) bond motifs is 1. The van der Waals surface area contributed by atoms with Crippen LogP contribution >= 0.6 is 0 Å². The Morgan fingerprint density at radius 2 is 1.71 bits per heavy atom. The van der Waals surface area contributed by atoms with Crippen LogP contribution in [-0.4, -0.2) is 17.9 Å². The van der Waals surface area contributed by atoms with E-state index in [0.717, 1.165) is 27.8 Å². The molecule has 0 fully saturated rings. The summed E-state index contributed by atoms with van der Waals surface area (Å²) >= 11 is 0. The molecule has 0 spiro atoms. The SMILES string of the molecule is COc1ccc([C@H](CC(=O)c2ccc(F)cc2)c2c[nH]c3ccccc23)cc1. The molecule has 0 aliphatic carbocycles. The van der Waals surface area contributed by atoms with Crippen LogP contribution < -0.4 is 4.74 Å². The third-order valence-electron chi connectivity index (χ3n) is 5.07. The summed E-state index contributed by atoms with van der Waals surface area (Å²) in [4.78, 5) is 16.2. The van der Waals surface area contributed by atoms with Crippen LogP contribution in [0.15, 0.2) is 79.0 Å². The normalized spacial score (nSPS) is 12.1. The number of hydrogen-bond donors (Lipinski definition) is 1. The fraction of sp³-hybridized carbons (Fsp3) is 0.125. The molecular formula is C24H20FNO2. The van der Waals surface area contributed by atoms with E-state index in [-0.39, 0.29) is 17.5 Å². The lowest BCUT2D eigenvalue weighted by atomic mass is 9.85. The molecule has 0 radical (unpaired) electrons. The summed E-state index contributed by atoms with van der Waals surface area (Å²) < 4.78 is 18.5. The van der Waals surface area contributed by atoms with Gasteiger partial charge in [0.2, 0.25) is 0 Å². The highest BCUT2D eigenvalue weighted by molar-refractivity contribution is 5.97. The predicted octanol–water partition coefficient (Wildman–Crippen LogP) is 5.72. The van der Waals surface area contributed by atoms with Crippen molar-refractivity contribution in [3.05, 3.63) is 102 Å². The lowest BCUT2D eigenvalue weighted by molar-refractivity contribution is 0.0977. The number of nitrogens with one attached hydrogen (secondary N) is 1. The van der Waals surface area contributed by atoms with Gasteiger partial charge in [0.1, 0.15) is 11.6 Å². The Hall–Kier alpha value is -3.40. The number of halogens is 1. The van der Waals surface area contributed by atoms with E-state index in [9.17, 15) is 9.18 Å². The number of carbonyl (C=O) groups excluding carboxylic acids is 1. The van der Waals surface area contributed by atoms with E-state index in [1.165, 1.54) is 24.3 Å². The van der Waals surface area contributed by atoms with Gasteiger partial charge in [0.15, 0.2) is 5.78 Å². The van der Waals surface area contributed by atoms with E-state index in [4.69, 9.17) is 4.74 Å². The van der Waals surface area contributed by atoms with Gasteiger partial charge in [-0.2, -0.15) is 0 Å². The number of carbonyl (C=O) groups is 1. The van der Waals surface area contributed by atoms with Gasteiger partial charge in [-0.15, -0.1) is 0 Å². The summed E-state index contributed by atoms with van der Waals surface area (Å²) in [6.07, 6.45) is 2.26. The molecule has 0 saturated heterocycles. The first kappa shape index (κ1) is 18.0. The van der Waals surface area contributed by atoms with Crippen molar-refractivity contribution in [2.24, 2.45) is 0 Å². The minimum absolute atomic E-state index is 0.0221. The number of aromatic amines is 1. The van der Waals surface area contributed by atoms with Crippen molar-refractivity contribution < 1.29 is 13.9 Å². The Bertz CT molecular complexity index is 1100. The first-order chi connectivity index (χ1) is 13.7. The number of benzene rings is 3. The van der Waals surface area contributed by atoms with Crippen molar-refractivity contribution in [1.29, 1.82) is 0 Å². The summed E-state index contributed by atoms with van der Waals surface area (Å²) in [5.74, 6) is 0.275. The van der Waals surface area contributed by atoms with Crippen molar-refractivity contribution in [3.63, 3.8) is 0 Å². The Kier molecular flexibility index (Phi) is 4.94. The maximum atomic E-state index is 13.2. The van der Waals surface area contributed by atoms with E-state index in [2.05, 4.69) is 11.1 Å². The molecule has 1 heterocycles. The van der Waals surface area contributed by atoms with Crippen LogP contribution in [0, 0.1) is 5.82 Å². The van der Waals surface area contributed by atoms with Crippen molar-refractivity contribution in [3.8, 4) is 5.75 Å². The van der Waals surface area contributed by atoms with Crippen LogP contribution in [0.3, 0.4) is 0 Å². The number of Topliss-reactive ketones (excluding diaryl/α,β-unsaturated/α-hetero) is 1. The predicted molar refractivity (Wildman–Crippen MR) is 108 cm³/mol. The largest absolute Gasteiger partial charge is 0.497 e. The number of aromatic nitrogens is 1. The Morgan fingerprint density at radius 3 is 2.43 bits per heavy atom. The molecule has 3 aromatic carbocycles. The molecule has 4 rings (SSSR count). The van der Waals surface area contributed by atoms with Crippen molar-refractivity contribution >= 4 is 16.7 Å². The first-order valence-electron chi connectivity index (χ1n) is 9.14. The molecule has 3 nitrogen and oxygen atoms in total. The highest BCUT2D eigenvalue weighted by Crippen LogP contribution is 2.35. The quantitative estimate of drug-likeness (QED) is 0.439. The van der Waals surface area contributed by atoms with E-state index >= 15 is 0 Å². The second kappa shape index (κ2) is 7.69. The first-order valence-corrected chi connectivity index (χ1v) is 9.14. The number of hydrogen-bond acceptors (Lipinski definition) is 2. The van der Waals surface area contributed by atoms with Crippen LogP contribution in [0.5, 0.6) is 5.75 Å². The molecule has 1 N–H and O–H groups in total. The zero-order valence-corrected chi connectivity index (χ0v) is 15.5. The van der Waals surface area contributed by atoms with Gasteiger partial charge in [0, 0.05) is 35.0 Å². The summed E-state index contributed by atoms with van der Waals surface area (Å²) in [5, 5.41) is 1.09. The van der Waals surface area contributed by atoms with Gasteiger partial charge >= 0.3 is 0 Å². The average molecular weight is 373 g/mol. The number of para-hydroxylation sites is 1. The van der Waals surface area contributed by atoms with Gasteiger partial charge in [0.05, 0.1) is 7.11 Å². The number of ketones is 1. The summed E-state index contributed by atoms with van der Waals surface area (Å²) in [6, 6.07) is 21.6. The van der Waals surface area contributed by atoms with Gasteiger partial charge in [-0.3, -0.25) is 4.79 Å². The maximum Gasteiger partial charge on any atom is 0.163 e. The van der Waals surface area contributed by atoms with Gasteiger partial charge in [-0.25, -0.2) is 4.39 Å². The monoisotopic (exact) mass is 373 g/mol. The van der Waals surface area contributed by atoms with Gasteiger partial charge in [-0.05, 0) is 53.6 Å². The molecule has 0 amide bonds. The zero-order chi connectivity index (χ0) is 19.5. The fourth-order valence-electron chi connectivity index (χ4n) is 3.56. The van der Waals surface area contributed by atoms with Crippen LogP contribution in [0.2, 0.25) is 0 Å². The third-order valence-corrected chi connectivity index (χ3v) is 5.07. The Labute approximate surface area is 162 Å². The number of rotatable bonds is 6. The Morgan fingerprint density at radius 1 is 1.00 bits per heavy atom. The maximum absolute atomic E-state index is 13.2.